The number of hydrogen-bond donors (Lipinski definition) is 4. The van der Waals surface area contributed by atoms with Crippen molar-refractivity contribution in [3.63, 3.8) is 0 Å². The van der Waals surface area contributed by atoms with Gasteiger partial charge in [0.05, 0.1) is 11.1 Å². The molecule has 0 fully saturated rings. The molecule has 28 heavy (non-hydrogen) atoms. The highest BCUT2D eigenvalue weighted by molar-refractivity contribution is 6.21. The number of carbonyl (C=O) groups excluding carboxylic acids is 1. The second-order valence-corrected chi connectivity index (χ2v) is 6.65. The van der Waals surface area contributed by atoms with Gasteiger partial charge in [-0.3, -0.25) is 10.2 Å². The lowest BCUT2D eigenvalue weighted by Gasteiger charge is -2.09. The monoisotopic (exact) mass is 369 g/mol. The molecule has 0 saturated carbocycles. The van der Waals surface area contributed by atoms with Gasteiger partial charge in [0.25, 0.3) is 0 Å². The summed E-state index contributed by atoms with van der Waals surface area (Å²) in [4.78, 5) is 20.8. The minimum absolute atomic E-state index is 0.165. The van der Waals surface area contributed by atoms with Gasteiger partial charge in [-0.05, 0) is 42.3 Å². The van der Waals surface area contributed by atoms with Crippen molar-refractivity contribution in [3.05, 3.63) is 83.2 Å². The molecular weight excluding hydrogens is 350 g/mol. The van der Waals surface area contributed by atoms with Crippen molar-refractivity contribution in [2.45, 2.75) is 6.92 Å². The van der Waals surface area contributed by atoms with Crippen molar-refractivity contribution in [2.24, 2.45) is 5.73 Å². The highest BCUT2D eigenvalue weighted by atomic mass is 16.1. The normalized spacial score (nSPS) is 10.9. The van der Waals surface area contributed by atoms with Gasteiger partial charge in [0.1, 0.15) is 17.2 Å². The Labute approximate surface area is 161 Å². The van der Waals surface area contributed by atoms with Crippen LogP contribution in [0.3, 0.4) is 0 Å². The van der Waals surface area contributed by atoms with Crippen LogP contribution >= 0.6 is 0 Å². The van der Waals surface area contributed by atoms with Crippen LogP contribution in [-0.2, 0) is 0 Å². The van der Waals surface area contributed by atoms with Crippen LogP contribution in [0.1, 0.15) is 27.3 Å². The zero-order valence-corrected chi connectivity index (χ0v) is 15.3. The van der Waals surface area contributed by atoms with E-state index in [1.165, 1.54) is 0 Å². The first kappa shape index (κ1) is 17.5. The summed E-state index contributed by atoms with van der Waals surface area (Å²) in [5.74, 6) is 0.311. The summed E-state index contributed by atoms with van der Waals surface area (Å²) in [6, 6.07) is 18.3. The van der Waals surface area contributed by atoms with E-state index in [1.807, 2.05) is 43.3 Å². The van der Waals surface area contributed by atoms with Gasteiger partial charge in [0, 0.05) is 16.8 Å². The summed E-state index contributed by atoms with van der Waals surface area (Å²) in [5, 5.41) is 7.86. The number of anilines is 1. The van der Waals surface area contributed by atoms with Crippen molar-refractivity contribution in [1.82, 2.24) is 9.97 Å². The van der Waals surface area contributed by atoms with Gasteiger partial charge in [-0.25, -0.2) is 4.98 Å². The number of amidine groups is 1. The van der Waals surface area contributed by atoms with Crippen molar-refractivity contribution >= 4 is 28.3 Å². The third kappa shape index (κ3) is 3.01. The molecule has 0 aliphatic rings. The van der Waals surface area contributed by atoms with Crippen LogP contribution in [0.15, 0.2) is 60.7 Å². The first-order chi connectivity index (χ1) is 13.4. The van der Waals surface area contributed by atoms with E-state index in [9.17, 15) is 4.79 Å². The fourth-order valence-electron chi connectivity index (χ4n) is 3.33. The number of nitrogens with two attached hydrogens (primary N) is 2. The summed E-state index contributed by atoms with van der Waals surface area (Å²) in [5.41, 5.74) is 16.7. The molecule has 0 spiro atoms. The lowest BCUT2D eigenvalue weighted by Crippen LogP contribution is -2.17. The maximum absolute atomic E-state index is 13.3. The Bertz CT molecular complexity index is 1220. The molecule has 0 atom stereocenters. The largest absolute Gasteiger partial charge is 0.399 e. The lowest BCUT2D eigenvalue weighted by atomic mass is 9.95. The van der Waals surface area contributed by atoms with Gasteiger partial charge in [-0.2, -0.15) is 0 Å². The van der Waals surface area contributed by atoms with E-state index >= 15 is 0 Å². The van der Waals surface area contributed by atoms with Crippen LogP contribution in [0.25, 0.3) is 22.2 Å². The second-order valence-electron chi connectivity index (χ2n) is 6.65. The van der Waals surface area contributed by atoms with Crippen LogP contribution in [0.5, 0.6) is 0 Å². The molecule has 0 radical (unpaired) electrons. The fraction of sp³-hybridized carbons (Fsp3) is 0.0455. The molecule has 4 aromatic rings. The predicted octanol–water partition coefficient (Wildman–Crippen LogP) is 3.64. The zero-order chi connectivity index (χ0) is 19.8. The van der Waals surface area contributed by atoms with Gasteiger partial charge in [-0.15, -0.1) is 0 Å². The molecule has 138 valence electrons. The number of H-pyrrole nitrogens is 1. The molecule has 3 aromatic carbocycles. The Morgan fingerprint density at radius 1 is 1.04 bits per heavy atom. The van der Waals surface area contributed by atoms with Gasteiger partial charge in [0.15, 0.2) is 5.78 Å². The topological polar surface area (TPSA) is 122 Å². The average molecular weight is 369 g/mol. The SMILES string of the molecule is Cc1nc2c(C(=O)c3ccc(-c4cccc(N)c4)cc3)c(C(=N)N)ccc2[nH]1. The Balaban J connectivity index is 1.79. The molecule has 4 rings (SSSR count). The number of nitrogen functional groups attached to an aromatic ring is 2. The van der Waals surface area contributed by atoms with Crippen LogP contribution < -0.4 is 11.5 Å². The average Bonchev–Trinajstić information content (AvgIpc) is 3.07. The van der Waals surface area contributed by atoms with E-state index in [0.717, 1.165) is 16.6 Å². The number of benzene rings is 3. The Morgan fingerprint density at radius 2 is 1.79 bits per heavy atom. The highest BCUT2D eigenvalue weighted by Crippen LogP contribution is 2.26. The van der Waals surface area contributed by atoms with Crippen molar-refractivity contribution < 1.29 is 4.79 Å². The lowest BCUT2D eigenvalue weighted by molar-refractivity contribution is 0.104. The first-order valence-corrected chi connectivity index (χ1v) is 8.78. The smallest absolute Gasteiger partial charge is 0.196 e. The standard InChI is InChI=1S/C22H19N5O/c1-12-26-18-10-9-17(22(24)25)19(20(18)27-12)21(28)14-7-5-13(6-8-14)15-3-2-4-16(23)11-15/h2-11H,23H2,1H3,(H3,24,25)(H,26,27). The predicted molar refractivity (Wildman–Crippen MR) is 112 cm³/mol. The maximum atomic E-state index is 13.3. The number of aromatic nitrogens is 2. The number of rotatable bonds is 4. The van der Waals surface area contributed by atoms with E-state index in [0.29, 0.717) is 33.7 Å². The van der Waals surface area contributed by atoms with Crippen molar-refractivity contribution in [2.75, 3.05) is 5.73 Å². The number of carbonyl (C=O) groups is 1. The van der Waals surface area contributed by atoms with Crippen LogP contribution in [0, 0.1) is 12.3 Å². The van der Waals surface area contributed by atoms with E-state index in [4.69, 9.17) is 16.9 Å². The number of ketones is 1. The summed E-state index contributed by atoms with van der Waals surface area (Å²) in [7, 11) is 0. The van der Waals surface area contributed by atoms with Gasteiger partial charge >= 0.3 is 0 Å². The molecule has 1 aromatic heterocycles. The second kappa shape index (κ2) is 6.66. The molecule has 0 bridgehead atoms. The summed E-state index contributed by atoms with van der Waals surface area (Å²) >= 11 is 0. The first-order valence-electron chi connectivity index (χ1n) is 8.78. The minimum Gasteiger partial charge on any atom is -0.399 e. The highest BCUT2D eigenvalue weighted by Gasteiger charge is 2.21. The third-order valence-corrected chi connectivity index (χ3v) is 4.66. The molecule has 0 aliphatic carbocycles. The van der Waals surface area contributed by atoms with E-state index in [2.05, 4.69) is 9.97 Å². The summed E-state index contributed by atoms with van der Waals surface area (Å²) in [6.45, 7) is 1.82. The van der Waals surface area contributed by atoms with Crippen LogP contribution in [0.4, 0.5) is 5.69 Å². The van der Waals surface area contributed by atoms with Crippen molar-refractivity contribution in [1.29, 1.82) is 5.41 Å². The number of nitrogens with one attached hydrogen (secondary N) is 2. The molecule has 0 amide bonds. The molecule has 0 saturated heterocycles. The minimum atomic E-state index is -0.221. The third-order valence-electron chi connectivity index (χ3n) is 4.66. The van der Waals surface area contributed by atoms with Crippen LogP contribution in [-0.4, -0.2) is 21.6 Å². The number of nitrogens with zero attached hydrogens (tertiary/aromatic N) is 1. The van der Waals surface area contributed by atoms with Gasteiger partial charge in [-0.1, -0.05) is 36.4 Å². The molecule has 0 unspecified atom stereocenters. The van der Waals surface area contributed by atoms with Crippen molar-refractivity contribution in [3.8, 4) is 11.1 Å². The van der Waals surface area contributed by atoms with Gasteiger partial charge < -0.3 is 16.5 Å². The Morgan fingerprint density at radius 3 is 2.46 bits per heavy atom. The summed E-state index contributed by atoms with van der Waals surface area (Å²) in [6.07, 6.45) is 0. The number of fused-ring (bicyclic) bond motifs is 1. The maximum Gasteiger partial charge on any atom is 0.196 e. The molecule has 1 heterocycles. The Kier molecular flexibility index (Phi) is 4.16. The fourth-order valence-corrected chi connectivity index (χ4v) is 3.33. The van der Waals surface area contributed by atoms with E-state index in [-0.39, 0.29) is 11.6 Å². The Hall–Kier alpha value is -3.93. The molecular formula is C22H19N5O. The zero-order valence-electron chi connectivity index (χ0n) is 15.3. The number of hydrogen-bond acceptors (Lipinski definition) is 4. The quantitative estimate of drug-likeness (QED) is 0.190. The van der Waals surface area contributed by atoms with Gasteiger partial charge in [0.2, 0.25) is 0 Å². The number of aromatic amines is 1. The summed E-state index contributed by atoms with van der Waals surface area (Å²) < 4.78 is 0. The molecule has 0 aliphatic heterocycles. The number of imidazole rings is 1. The van der Waals surface area contributed by atoms with E-state index < -0.39 is 0 Å². The van der Waals surface area contributed by atoms with Crippen LogP contribution in [0.2, 0.25) is 0 Å². The van der Waals surface area contributed by atoms with E-state index in [1.54, 1.807) is 24.3 Å². The number of aryl methyl sites for hydroxylation is 1. The molecule has 6 N–H and O–H groups in total. The molecule has 6 nitrogen and oxygen atoms in total. The molecule has 6 heteroatoms.